The number of hydrogen-bond donors (Lipinski definition) is 0. The molecule has 0 fully saturated rings. The zero-order valence-corrected chi connectivity index (χ0v) is 10.7. The zero-order chi connectivity index (χ0) is 9.56. The van der Waals surface area contributed by atoms with E-state index < -0.39 is 0 Å². The first-order chi connectivity index (χ1) is 5.54. The molecule has 0 atom stereocenters. The van der Waals surface area contributed by atoms with Crippen LogP contribution in [-0.2, 0) is 0 Å². The van der Waals surface area contributed by atoms with Gasteiger partial charge < -0.3 is 4.90 Å². The van der Waals surface area contributed by atoms with E-state index >= 15 is 0 Å². The molecule has 0 aliphatic heterocycles. The van der Waals surface area contributed by atoms with E-state index in [0.29, 0.717) is 0 Å². The second-order valence-corrected chi connectivity index (χ2v) is 6.31. The molecule has 0 unspecified atom stereocenters. The van der Waals surface area contributed by atoms with Gasteiger partial charge in [-0.05, 0) is 47.8 Å². The molecule has 0 aliphatic rings. The second-order valence-electron chi connectivity index (χ2n) is 4.04. The van der Waals surface area contributed by atoms with Crippen molar-refractivity contribution in [3.05, 3.63) is 10.8 Å². The van der Waals surface area contributed by atoms with Gasteiger partial charge in [-0.2, -0.15) is 0 Å². The van der Waals surface area contributed by atoms with Gasteiger partial charge in [-0.15, -0.1) is 0 Å². The fraction of sp³-hybridized carbons (Fsp3) is 0.800. The molecule has 0 aromatic rings. The topological polar surface area (TPSA) is 3.24 Å². The van der Waals surface area contributed by atoms with Crippen LogP contribution in [0.4, 0.5) is 0 Å². The van der Waals surface area contributed by atoms with Crippen LogP contribution in [0.2, 0.25) is 6.04 Å². The smallest absolute Gasteiger partial charge is 0.0491 e. The molecule has 0 aromatic heterocycles. The van der Waals surface area contributed by atoms with Crippen molar-refractivity contribution in [3.63, 3.8) is 0 Å². The summed E-state index contributed by atoms with van der Waals surface area (Å²) in [7, 11) is 4.39. The summed E-state index contributed by atoms with van der Waals surface area (Å²) in [5.74, 6) is 0. The molecule has 2 heteroatoms. The van der Waals surface area contributed by atoms with Crippen LogP contribution in [0.15, 0.2) is 10.8 Å². The molecule has 0 N–H and O–H groups in total. The molecule has 0 spiro atoms. The summed E-state index contributed by atoms with van der Waals surface area (Å²) in [6, 6.07) is 1.47. The summed E-state index contributed by atoms with van der Waals surface area (Å²) in [6.45, 7) is 8.02. The third-order valence-electron chi connectivity index (χ3n) is 2.26. The summed E-state index contributed by atoms with van der Waals surface area (Å²) < 4.78 is 0. The molecule has 1 nitrogen and oxygen atoms in total. The number of nitrogens with zero attached hydrogens (tertiary/aromatic N) is 1. The van der Waals surface area contributed by atoms with Gasteiger partial charge in [0.05, 0.1) is 0 Å². The minimum atomic E-state index is 0.0982. The average molecular weight is 185 g/mol. The van der Waals surface area contributed by atoms with E-state index in [1.54, 1.807) is 10.8 Å². The third-order valence-corrected chi connectivity index (χ3v) is 4.57. The van der Waals surface area contributed by atoms with Gasteiger partial charge in [-0.3, -0.25) is 0 Å². The highest BCUT2D eigenvalue weighted by Gasteiger charge is 1.95. The van der Waals surface area contributed by atoms with E-state index in [2.05, 4.69) is 39.8 Å². The Balaban J connectivity index is 3.39. The Labute approximate surface area is 79.7 Å². The van der Waals surface area contributed by atoms with Crippen molar-refractivity contribution in [1.29, 1.82) is 0 Å². The highest BCUT2D eigenvalue weighted by molar-refractivity contribution is 6.45. The van der Waals surface area contributed by atoms with Crippen molar-refractivity contribution in [2.45, 2.75) is 33.2 Å². The van der Waals surface area contributed by atoms with Crippen molar-refractivity contribution in [2.75, 3.05) is 20.6 Å². The van der Waals surface area contributed by atoms with Gasteiger partial charge in [0.15, 0.2) is 0 Å². The molecular formula is C10H23NSi. The zero-order valence-electron chi connectivity index (χ0n) is 9.28. The van der Waals surface area contributed by atoms with Crippen LogP contribution < -0.4 is 0 Å². The van der Waals surface area contributed by atoms with E-state index in [1.165, 1.54) is 19.0 Å². The minimum absolute atomic E-state index is 0.0982. The molecule has 0 saturated carbocycles. The lowest BCUT2D eigenvalue weighted by molar-refractivity contribution is 0.408. The van der Waals surface area contributed by atoms with E-state index in [0.717, 1.165) is 0 Å². The van der Waals surface area contributed by atoms with Crippen LogP contribution in [0.1, 0.15) is 27.2 Å². The fourth-order valence-corrected chi connectivity index (χ4v) is 2.57. The molecular weight excluding hydrogens is 162 g/mol. The number of allylic oxidation sites excluding steroid dienone is 2. The Morgan fingerprint density at radius 2 is 1.75 bits per heavy atom. The first kappa shape index (κ1) is 11.9. The van der Waals surface area contributed by atoms with Crippen LogP contribution in [0, 0.1) is 0 Å². The van der Waals surface area contributed by atoms with Crippen molar-refractivity contribution < 1.29 is 0 Å². The quantitative estimate of drug-likeness (QED) is 0.467. The molecule has 72 valence electrons. The average Bonchev–Trinajstić information content (AvgIpc) is 1.97. The molecule has 0 amide bonds. The van der Waals surface area contributed by atoms with Crippen LogP contribution >= 0.6 is 0 Å². The minimum Gasteiger partial charge on any atom is -0.309 e. The van der Waals surface area contributed by atoms with Gasteiger partial charge in [0, 0.05) is 9.52 Å². The summed E-state index contributed by atoms with van der Waals surface area (Å²) in [5, 5.41) is 1.70. The van der Waals surface area contributed by atoms with Gasteiger partial charge in [0.2, 0.25) is 0 Å². The van der Waals surface area contributed by atoms with Crippen molar-refractivity contribution in [3.8, 4) is 0 Å². The van der Waals surface area contributed by atoms with E-state index in [-0.39, 0.29) is 9.52 Å². The highest BCUT2D eigenvalue weighted by Crippen LogP contribution is 2.03. The molecule has 0 heterocycles. The maximum atomic E-state index is 2.30. The van der Waals surface area contributed by atoms with Crippen LogP contribution in [0.5, 0.6) is 0 Å². The Hall–Kier alpha value is -0.0831. The monoisotopic (exact) mass is 185 g/mol. The standard InChI is InChI=1S/C10H23NSi/c1-9(2)10(3)12-8-6-7-11(4)5/h6-8,12H2,1-5H3. The maximum Gasteiger partial charge on any atom is 0.0491 e. The molecule has 0 bridgehead atoms. The third kappa shape index (κ3) is 6.62. The maximum absolute atomic E-state index is 2.30. The molecule has 12 heavy (non-hydrogen) atoms. The largest absolute Gasteiger partial charge is 0.309 e. The molecule has 0 aliphatic carbocycles. The Kier molecular flexibility index (Phi) is 6.39. The molecule has 0 rings (SSSR count). The Bertz CT molecular complexity index is 146. The van der Waals surface area contributed by atoms with Crippen molar-refractivity contribution in [1.82, 2.24) is 4.90 Å². The lowest BCUT2D eigenvalue weighted by atomic mass is 10.3. The number of rotatable bonds is 5. The lowest BCUT2D eigenvalue weighted by Crippen LogP contribution is -2.13. The summed E-state index contributed by atoms with van der Waals surface area (Å²) >= 11 is 0. The second kappa shape index (κ2) is 6.43. The normalized spacial score (nSPS) is 11.5. The van der Waals surface area contributed by atoms with Gasteiger partial charge in [0.25, 0.3) is 0 Å². The predicted molar refractivity (Wildman–Crippen MR) is 60.6 cm³/mol. The highest BCUT2D eigenvalue weighted by atomic mass is 28.2. The summed E-state index contributed by atoms with van der Waals surface area (Å²) in [5.41, 5.74) is 1.55. The Morgan fingerprint density at radius 1 is 1.17 bits per heavy atom. The van der Waals surface area contributed by atoms with E-state index in [9.17, 15) is 0 Å². The molecule has 0 radical (unpaired) electrons. The molecule has 0 saturated heterocycles. The SMILES string of the molecule is CC(C)=C(C)[SiH2]CCCN(C)C. The first-order valence-electron chi connectivity index (χ1n) is 4.81. The van der Waals surface area contributed by atoms with E-state index in [1.807, 2.05) is 0 Å². The Morgan fingerprint density at radius 3 is 2.17 bits per heavy atom. The van der Waals surface area contributed by atoms with Crippen molar-refractivity contribution >= 4 is 9.52 Å². The van der Waals surface area contributed by atoms with Gasteiger partial charge in [-0.25, -0.2) is 0 Å². The van der Waals surface area contributed by atoms with E-state index in [4.69, 9.17) is 0 Å². The fourth-order valence-electron chi connectivity index (χ4n) is 1.07. The van der Waals surface area contributed by atoms with Crippen LogP contribution in [-0.4, -0.2) is 35.1 Å². The van der Waals surface area contributed by atoms with Crippen molar-refractivity contribution in [2.24, 2.45) is 0 Å². The predicted octanol–water partition coefficient (Wildman–Crippen LogP) is 1.84. The molecule has 0 aromatic carbocycles. The lowest BCUT2D eigenvalue weighted by Gasteiger charge is -2.08. The number of hydrogen-bond acceptors (Lipinski definition) is 1. The first-order valence-corrected chi connectivity index (χ1v) is 6.52. The van der Waals surface area contributed by atoms with Crippen LogP contribution in [0.25, 0.3) is 0 Å². The van der Waals surface area contributed by atoms with Gasteiger partial charge in [-0.1, -0.05) is 16.8 Å². The van der Waals surface area contributed by atoms with Gasteiger partial charge >= 0.3 is 0 Å². The van der Waals surface area contributed by atoms with Gasteiger partial charge in [0.1, 0.15) is 0 Å². The summed E-state index contributed by atoms with van der Waals surface area (Å²) in [4.78, 5) is 2.27. The van der Waals surface area contributed by atoms with Crippen LogP contribution in [0.3, 0.4) is 0 Å². The summed E-state index contributed by atoms with van der Waals surface area (Å²) in [6.07, 6.45) is 1.38.